The maximum atomic E-state index is 14.0. The molecule has 12 nitrogen and oxygen atoms in total. The first-order chi connectivity index (χ1) is 19.2. The van der Waals surface area contributed by atoms with Crippen LogP contribution in [0.3, 0.4) is 0 Å². The van der Waals surface area contributed by atoms with Crippen LogP contribution in [0.4, 0.5) is 5.69 Å². The van der Waals surface area contributed by atoms with Gasteiger partial charge in [0, 0.05) is 37.5 Å². The summed E-state index contributed by atoms with van der Waals surface area (Å²) in [6, 6.07) is 5.21. The third-order valence-electron chi connectivity index (χ3n) is 8.38. The van der Waals surface area contributed by atoms with Crippen molar-refractivity contribution in [2.75, 3.05) is 13.1 Å². The van der Waals surface area contributed by atoms with Crippen molar-refractivity contribution in [2.45, 2.75) is 115 Å². The summed E-state index contributed by atoms with van der Waals surface area (Å²) in [4.78, 5) is 37.0. The van der Waals surface area contributed by atoms with Crippen molar-refractivity contribution >= 4 is 34.6 Å². The largest absolute Gasteiger partial charge is 0.457 e. The van der Waals surface area contributed by atoms with Crippen molar-refractivity contribution < 1.29 is 32.2 Å². The Kier molecular flexibility index (Phi) is 9.87. The molecule has 2 unspecified atom stereocenters. The van der Waals surface area contributed by atoms with Gasteiger partial charge >= 0.3 is 7.12 Å². The summed E-state index contributed by atoms with van der Waals surface area (Å²) in [5, 5.41) is 17.5. The van der Waals surface area contributed by atoms with Gasteiger partial charge < -0.3 is 19.9 Å². The van der Waals surface area contributed by atoms with Crippen LogP contribution in [0.5, 0.6) is 0 Å². The maximum Gasteiger partial charge on any atom is 0.457 e. The van der Waals surface area contributed by atoms with Crippen molar-refractivity contribution in [1.29, 1.82) is 0 Å². The Bertz CT molecular complexity index is 1280. The van der Waals surface area contributed by atoms with Crippen LogP contribution in [-0.4, -0.2) is 71.9 Å². The fraction of sp³-hybridized carbons (Fsp3) is 0.714. The SMILES string of the molecule is CC(=O)NC(CCCCB1OC(C)(C)C(C)(C)O1)(C(=O)NC(C)(C)C)C1CCN(S(=O)(=O)c2ccccc2[N+](=O)[O-])C1. The zero-order chi connectivity index (χ0) is 31.7. The third-order valence-corrected chi connectivity index (χ3v) is 10.3. The highest BCUT2D eigenvalue weighted by atomic mass is 32.2. The van der Waals surface area contributed by atoms with E-state index in [0.29, 0.717) is 19.2 Å². The summed E-state index contributed by atoms with van der Waals surface area (Å²) in [7, 11) is -4.64. The van der Waals surface area contributed by atoms with Crippen LogP contribution in [0.2, 0.25) is 6.32 Å². The normalized spacial score (nSPS) is 22.0. The number of sulfonamides is 1. The summed E-state index contributed by atoms with van der Waals surface area (Å²) in [5.74, 6) is -1.38. The van der Waals surface area contributed by atoms with Crippen molar-refractivity contribution in [3.63, 3.8) is 0 Å². The highest BCUT2D eigenvalue weighted by Crippen LogP contribution is 2.40. The van der Waals surface area contributed by atoms with Gasteiger partial charge in [0.05, 0.1) is 16.1 Å². The van der Waals surface area contributed by atoms with Gasteiger partial charge in [-0.2, -0.15) is 4.31 Å². The lowest BCUT2D eigenvalue weighted by Crippen LogP contribution is -2.65. The van der Waals surface area contributed by atoms with Crippen molar-refractivity contribution in [1.82, 2.24) is 14.9 Å². The number of para-hydroxylation sites is 1. The first kappa shape index (κ1) is 34.0. The van der Waals surface area contributed by atoms with Crippen molar-refractivity contribution in [2.24, 2.45) is 5.92 Å². The first-order valence-electron chi connectivity index (χ1n) is 14.4. The van der Waals surface area contributed by atoms with Crippen molar-refractivity contribution in [3.8, 4) is 0 Å². The lowest BCUT2D eigenvalue weighted by Gasteiger charge is -2.40. The van der Waals surface area contributed by atoms with Gasteiger partial charge in [-0.15, -0.1) is 0 Å². The van der Waals surface area contributed by atoms with E-state index < -0.39 is 72.7 Å². The van der Waals surface area contributed by atoms with Gasteiger partial charge in [-0.3, -0.25) is 19.7 Å². The number of hydrogen-bond donors (Lipinski definition) is 2. The number of carbonyl (C=O) groups is 2. The van der Waals surface area contributed by atoms with E-state index >= 15 is 0 Å². The van der Waals surface area contributed by atoms with E-state index in [1.165, 1.54) is 29.4 Å². The number of nitrogens with one attached hydrogen (secondary N) is 2. The highest BCUT2D eigenvalue weighted by molar-refractivity contribution is 7.89. The van der Waals surface area contributed by atoms with Crippen LogP contribution in [0, 0.1) is 16.0 Å². The van der Waals surface area contributed by atoms with Gasteiger partial charge in [-0.25, -0.2) is 8.42 Å². The van der Waals surface area contributed by atoms with E-state index in [1.807, 2.05) is 48.5 Å². The Balaban J connectivity index is 1.87. The molecule has 0 radical (unpaired) electrons. The number of nitrogens with zero attached hydrogens (tertiary/aromatic N) is 2. The summed E-state index contributed by atoms with van der Waals surface area (Å²) in [6.45, 7) is 14.7. The second-order valence-corrected chi connectivity index (χ2v) is 15.3. The van der Waals surface area contributed by atoms with Crippen LogP contribution in [0.1, 0.15) is 81.1 Å². The molecule has 2 amide bonds. The fourth-order valence-electron chi connectivity index (χ4n) is 5.60. The minimum absolute atomic E-state index is 0.0527. The number of amides is 2. The molecule has 3 rings (SSSR count). The zero-order valence-corrected chi connectivity index (χ0v) is 26.8. The Morgan fingerprint density at radius 1 is 1.10 bits per heavy atom. The van der Waals surface area contributed by atoms with E-state index in [4.69, 9.17) is 9.31 Å². The highest BCUT2D eigenvalue weighted by Gasteiger charge is 2.52. The monoisotopic (exact) mass is 608 g/mol. The molecule has 2 heterocycles. The number of benzene rings is 1. The molecular formula is C28H45BN4O8S. The number of nitro benzene ring substituents is 1. The predicted molar refractivity (Wildman–Crippen MR) is 159 cm³/mol. The average Bonchev–Trinajstić information content (AvgIpc) is 3.42. The fourth-order valence-corrected chi connectivity index (χ4v) is 7.26. The summed E-state index contributed by atoms with van der Waals surface area (Å²) < 4.78 is 40.5. The molecule has 2 aliphatic heterocycles. The number of rotatable bonds is 11. The second-order valence-electron chi connectivity index (χ2n) is 13.4. The summed E-state index contributed by atoms with van der Waals surface area (Å²) >= 11 is 0. The number of unbranched alkanes of at least 4 members (excludes halogenated alkanes) is 1. The molecule has 2 saturated heterocycles. The molecule has 14 heteroatoms. The Labute approximate surface area is 249 Å². The van der Waals surface area contributed by atoms with Crippen molar-refractivity contribution in [3.05, 3.63) is 34.4 Å². The minimum Gasteiger partial charge on any atom is -0.403 e. The lowest BCUT2D eigenvalue weighted by atomic mass is 9.75. The van der Waals surface area contributed by atoms with E-state index in [0.717, 1.165) is 6.07 Å². The number of nitro groups is 1. The van der Waals surface area contributed by atoms with E-state index in [1.54, 1.807) is 0 Å². The molecule has 1 aromatic carbocycles. The van der Waals surface area contributed by atoms with Crippen LogP contribution in [-0.2, 0) is 28.9 Å². The first-order valence-corrected chi connectivity index (χ1v) is 15.9. The zero-order valence-electron chi connectivity index (χ0n) is 26.0. The van der Waals surface area contributed by atoms with Gasteiger partial charge in [0.2, 0.25) is 21.8 Å². The number of carbonyl (C=O) groups excluding carboxylic acids is 2. The molecule has 42 heavy (non-hydrogen) atoms. The quantitative estimate of drug-likeness (QED) is 0.167. The molecule has 2 N–H and O–H groups in total. The molecule has 2 atom stereocenters. The van der Waals surface area contributed by atoms with Gasteiger partial charge in [0.15, 0.2) is 4.90 Å². The molecule has 0 aliphatic carbocycles. The molecule has 2 fully saturated rings. The second kappa shape index (κ2) is 12.2. The van der Waals surface area contributed by atoms with Gasteiger partial charge in [-0.1, -0.05) is 25.0 Å². The summed E-state index contributed by atoms with van der Waals surface area (Å²) in [5.41, 5.74) is -3.45. The minimum atomic E-state index is -4.24. The Morgan fingerprint density at radius 3 is 2.24 bits per heavy atom. The smallest absolute Gasteiger partial charge is 0.403 e. The lowest BCUT2D eigenvalue weighted by molar-refractivity contribution is -0.387. The van der Waals surface area contributed by atoms with Gasteiger partial charge in [-0.05, 0) is 73.7 Å². The molecule has 0 saturated carbocycles. The molecule has 0 spiro atoms. The van der Waals surface area contributed by atoms with Gasteiger partial charge in [0.1, 0.15) is 5.54 Å². The Hall–Kier alpha value is -2.55. The standard InChI is InChI=1S/C28H45BN4O8S/c1-20(34)30-28(24(35)31-25(2,3)4,16-11-12-17-29-40-26(5,6)27(7,8)41-29)21-15-18-32(19-21)42(38,39)23-14-10-9-13-22(23)33(36)37/h9-10,13-14,21H,11-12,15-19H2,1-8H3,(H,30,34)(H,31,35). The van der Waals surface area contributed by atoms with E-state index in [9.17, 15) is 28.1 Å². The molecule has 0 bridgehead atoms. The molecular weight excluding hydrogens is 563 g/mol. The Morgan fingerprint density at radius 2 is 1.69 bits per heavy atom. The predicted octanol–water partition coefficient (Wildman–Crippen LogP) is 3.66. The van der Waals surface area contributed by atoms with E-state index in [2.05, 4.69) is 10.6 Å². The van der Waals surface area contributed by atoms with E-state index in [-0.39, 0.29) is 25.9 Å². The third kappa shape index (κ3) is 7.32. The average molecular weight is 609 g/mol. The number of hydrogen-bond acceptors (Lipinski definition) is 8. The van der Waals surface area contributed by atoms with Gasteiger partial charge in [0.25, 0.3) is 5.69 Å². The van der Waals surface area contributed by atoms with Crippen LogP contribution >= 0.6 is 0 Å². The molecule has 1 aromatic rings. The molecule has 0 aromatic heterocycles. The van der Waals surface area contributed by atoms with Crippen LogP contribution in [0.25, 0.3) is 0 Å². The van der Waals surface area contributed by atoms with Crippen LogP contribution < -0.4 is 10.6 Å². The summed E-state index contributed by atoms with van der Waals surface area (Å²) in [6.07, 6.45) is 2.32. The molecule has 2 aliphatic rings. The topological polar surface area (TPSA) is 157 Å². The van der Waals surface area contributed by atoms with Crippen LogP contribution in [0.15, 0.2) is 29.2 Å². The maximum absolute atomic E-state index is 14.0. The molecule has 234 valence electrons.